The Morgan fingerprint density at radius 2 is 1.59 bits per heavy atom. The molecule has 1 aromatic rings. The van der Waals surface area contributed by atoms with Crippen LogP contribution in [0.4, 0.5) is 0 Å². The molecule has 1 amide bonds. The summed E-state index contributed by atoms with van der Waals surface area (Å²) in [5, 5.41) is 2.40. The van der Waals surface area contributed by atoms with E-state index in [1.165, 1.54) is 26.4 Å². The van der Waals surface area contributed by atoms with E-state index in [-0.39, 0.29) is 11.9 Å². The van der Waals surface area contributed by atoms with Crippen LogP contribution in [0.3, 0.4) is 0 Å². The van der Waals surface area contributed by atoms with Crippen molar-refractivity contribution in [3.8, 4) is 0 Å². The molecule has 1 aliphatic rings. The largest absolute Gasteiger partial charge is 0.469 e. The lowest BCUT2D eigenvalue weighted by Gasteiger charge is -2.18. The highest BCUT2D eigenvalue weighted by atomic mass is 79.9. The van der Waals surface area contributed by atoms with Gasteiger partial charge < -0.3 is 14.8 Å². The van der Waals surface area contributed by atoms with Crippen molar-refractivity contribution in [3.05, 3.63) is 34.3 Å². The third-order valence-corrected chi connectivity index (χ3v) is 4.28. The van der Waals surface area contributed by atoms with E-state index in [0.29, 0.717) is 12.7 Å². The van der Waals surface area contributed by atoms with Gasteiger partial charge in [0.1, 0.15) is 12.3 Å². The summed E-state index contributed by atoms with van der Waals surface area (Å²) in [6.07, 6.45) is 6.95. The minimum atomic E-state index is -0.550. The number of nitrogens with one attached hydrogen (secondary N) is 1. The lowest BCUT2D eigenvalue weighted by molar-refractivity contribution is -0.146. The van der Waals surface area contributed by atoms with Gasteiger partial charge in [-0.05, 0) is 30.5 Å². The molecule has 1 fully saturated rings. The maximum absolute atomic E-state index is 10.9. The number of esters is 1. The van der Waals surface area contributed by atoms with Gasteiger partial charge in [0.25, 0.3) is 0 Å². The minimum absolute atomic E-state index is 0.0142. The van der Waals surface area contributed by atoms with Gasteiger partial charge in [-0.25, -0.2) is 0 Å². The van der Waals surface area contributed by atoms with Crippen LogP contribution in [0, 0.1) is 5.92 Å². The fourth-order valence-electron chi connectivity index (χ4n) is 2.46. The normalized spacial score (nSPS) is 13.7. The fourth-order valence-corrected chi connectivity index (χ4v) is 2.73. The maximum atomic E-state index is 10.9. The lowest BCUT2D eigenvalue weighted by atomic mass is 9.89. The molecule has 6 heteroatoms. The van der Waals surface area contributed by atoms with Gasteiger partial charge in [0.15, 0.2) is 0 Å². The molecule has 1 atom stereocenters. The van der Waals surface area contributed by atoms with Gasteiger partial charge in [-0.15, -0.1) is 0 Å². The van der Waals surface area contributed by atoms with Gasteiger partial charge in [0, 0.05) is 4.47 Å². The highest BCUT2D eigenvalue weighted by molar-refractivity contribution is 9.10. The van der Waals surface area contributed by atoms with Gasteiger partial charge in [-0.1, -0.05) is 75.0 Å². The Bertz CT molecular complexity index is 499. The summed E-state index contributed by atoms with van der Waals surface area (Å²) in [7, 11) is 1.47. The van der Waals surface area contributed by atoms with Crippen LogP contribution in [-0.4, -0.2) is 25.8 Å². The van der Waals surface area contributed by atoms with E-state index in [9.17, 15) is 14.4 Å². The summed E-state index contributed by atoms with van der Waals surface area (Å²) in [5.41, 5.74) is 0.769. The topological polar surface area (TPSA) is 72.5 Å². The summed E-state index contributed by atoms with van der Waals surface area (Å²) in [6.45, 7) is 8.00. The molecule has 0 radical (unpaired) electrons. The molecule has 0 spiro atoms. The Kier molecular flexibility index (Phi) is 19.5. The first-order valence-corrected chi connectivity index (χ1v) is 10.4. The van der Waals surface area contributed by atoms with Gasteiger partial charge in [0.2, 0.25) is 6.41 Å². The zero-order valence-electron chi connectivity index (χ0n) is 17.2. The standard InChI is InChI=1S/C9H8BrNO2.C8H14O2.2C2H6/c10-8-3-1-7(2-4-8)9(5-12)11-6-13;1-10-8(9)7-5-3-2-4-6-7;2*1-2/h1-6,9H,(H,11,13);7H,2-6H2,1H3;2*1-2H3. The molecule has 1 aromatic carbocycles. The summed E-state index contributed by atoms with van der Waals surface area (Å²) in [4.78, 5) is 31.6. The first-order chi connectivity index (χ1) is 13.1. The van der Waals surface area contributed by atoms with Crippen molar-refractivity contribution >= 4 is 34.6 Å². The lowest BCUT2D eigenvalue weighted by Crippen LogP contribution is -2.20. The van der Waals surface area contributed by atoms with E-state index in [1.54, 1.807) is 12.1 Å². The molecule has 5 nitrogen and oxygen atoms in total. The van der Waals surface area contributed by atoms with Crippen LogP contribution in [-0.2, 0) is 19.1 Å². The molecule has 1 saturated carbocycles. The maximum Gasteiger partial charge on any atom is 0.308 e. The summed E-state index contributed by atoms with van der Waals surface area (Å²) >= 11 is 3.28. The molecule has 0 bridgehead atoms. The van der Waals surface area contributed by atoms with E-state index >= 15 is 0 Å². The number of hydrogen-bond donors (Lipinski definition) is 1. The number of amides is 1. The van der Waals surface area contributed by atoms with E-state index in [0.717, 1.165) is 22.9 Å². The quantitative estimate of drug-likeness (QED) is 0.499. The third kappa shape index (κ3) is 12.3. The molecule has 0 heterocycles. The second-order valence-electron chi connectivity index (χ2n) is 5.31. The predicted octanol–water partition coefficient (Wildman–Crippen LogP) is 5.23. The fraction of sp³-hybridized carbons (Fsp3) is 0.571. The molecular weight excluding hydrogens is 410 g/mol. The van der Waals surface area contributed by atoms with Gasteiger partial charge >= 0.3 is 5.97 Å². The van der Waals surface area contributed by atoms with Crippen molar-refractivity contribution in [1.29, 1.82) is 0 Å². The van der Waals surface area contributed by atoms with E-state index in [1.807, 2.05) is 39.8 Å². The molecule has 0 aliphatic heterocycles. The molecule has 1 unspecified atom stereocenters. The minimum Gasteiger partial charge on any atom is -0.469 e. The first-order valence-electron chi connectivity index (χ1n) is 9.60. The van der Waals surface area contributed by atoms with Crippen molar-refractivity contribution in [1.82, 2.24) is 5.32 Å². The number of carbonyl (C=O) groups excluding carboxylic acids is 3. The molecule has 27 heavy (non-hydrogen) atoms. The van der Waals surface area contributed by atoms with Crippen LogP contribution < -0.4 is 5.32 Å². The Hall–Kier alpha value is -1.69. The van der Waals surface area contributed by atoms with Gasteiger partial charge in [-0.3, -0.25) is 9.59 Å². The van der Waals surface area contributed by atoms with Gasteiger partial charge in [0.05, 0.1) is 13.0 Å². The van der Waals surface area contributed by atoms with E-state index < -0.39 is 6.04 Å². The number of hydrogen-bond acceptors (Lipinski definition) is 4. The zero-order valence-corrected chi connectivity index (χ0v) is 18.8. The van der Waals surface area contributed by atoms with E-state index in [2.05, 4.69) is 26.0 Å². The highest BCUT2D eigenvalue weighted by Gasteiger charge is 2.20. The van der Waals surface area contributed by atoms with Crippen molar-refractivity contribution in [2.45, 2.75) is 65.8 Å². The van der Waals surface area contributed by atoms with Crippen molar-refractivity contribution in [3.63, 3.8) is 0 Å². The Labute approximate surface area is 172 Å². The number of rotatable bonds is 5. The average molecular weight is 444 g/mol. The van der Waals surface area contributed by atoms with Crippen LogP contribution in [0.5, 0.6) is 0 Å². The SMILES string of the molecule is CC.CC.COC(=O)C1CCCCC1.O=CNC(C=O)c1ccc(Br)cc1. The van der Waals surface area contributed by atoms with Crippen LogP contribution in [0.1, 0.15) is 71.4 Å². The second kappa shape index (κ2) is 19.1. The Balaban J connectivity index is 0. The second-order valence-corrected chi connectivity index (χ2v) is 6.22. The molecule has 1 N–H and O–H groups in total. The third-order valence-electron chi connectivity index (χ3n) is 3.75. The number of aldehydes is 1. The Morgan fingerprint density at radius 1 is 1.07 bits per heavy atom. The molecule has 1 aliphatic carbocycles. The van der Waals surface area contributed by atoms with Gasteiger partial charge in [-0.2, -0.15) is 0 Å². The number of ether oxygens (including phenoxy) is 1. The predicted molar refractivity (Wildman–Crippen MR) is 113 cm³/mol. The molecule has 0 saturated heterocycles. The summed E-state index contributed by atoms with van der Waals surface area (Å²) in [5.74, 6) is 0.193. The summed E-state index contributed by atoms with van der Waals surface area (Å²) < 4.78 is 5.59. The van der Waals surface area contributed by atoms with Crippen molar-refractivity contribution in [2.24, 2.45) is 5.92 Å². The number of halogens is 1. The number of benzene rings is 1. The molecule has 2 rings (SSSR count). The van der Waals surface area contributed by atoms with Crippen molar-refractivity contribution < 1.29 is 19.1 Å². The zero-order chi connectivity index (χ0) is 21.1. The smallest absolute Gasteiger partial charge is 0.308 e. The van der Waals surface area contributed by atoms with Crippen LogP contribution in [0.15, 0.2) is 28.7 Å². The molecule has 0 aromatic heterocycles. The first kappa shape index (κ1) is 27.5. The number of carbonyl (C=O) groups is 3. The summed E-state index contributed by atoms with van der Waals surface area (Å²) in [6, 6.07) is 6.64. The monoisotopic (exact) mass is 443 g/mol. The highest BCUT2D eigenvalue weighted by Crippen LogP contribution is 2.24. The van der Waals surface area contributed by atoms with Crippen LogP contribution in [0.25, 0.3) is 0 Å². The average Bonchev–Trinajstić information content (AvgIpc) is 2.76. The van der Waals surface area contributed by atoms with Crippen LogP contribution >= 0.6 is 15.9 Å². The molecular formula is C21H34BrNO4. The van der Waals surface area contributed by atoms with Crippen LogP contribution in [0.2, 0.25) is 0 Å². The number of methoxy groups -OCH3 is 1. The Morgan fingerprint density at radius 3 is 2.00 bits per heavy atom. The molecule has 154 valence electrons. The van der Waals surface area contributed by atoms with Crippen molar-refractivity contribution in [2.75, 3.05) is 7.11 Å². The van der Waals surface area contributed by atoms with E-state index in [4.69, 9.17) is 0 Å².